The summed E-state index contributed by atoms with van der Waals surface area (Å²) in [5.41, 5.74) is 1.74. The first-order chi connectivity index (χ1) is 19.2. The lowest BCUT2D eigenvalue weighted by Gasteiger charge is -2.35. The van der Waals surface area contributed by atoms with E-state index in [9.17, 15) is 4.79 Å². The first-order valence-corrected chi connectivity index (χ1v) is 13.8. The summed E-state index contributed by atoms with van der Waals surface area (Å²) in [5.74, 6) is 0.896. The van der Waals surface area contributed by atoms with E-state index in [0.717, 1.165) is 24.0 Å². The summed E-state index contributed by atoms with van der Waals surface area (Å²) in [7, 11) is 3.09. The van der Waals surface area contributed by atoms with Gasteiger partial charge in [-0.15, -0.1) is 0 Å². The molecule has 3 aliphatic heterocycles. The van der Waals surface area contributed by atoms with Crippen LogP contribution in [0.5, 0.6) is 0 Å². The zero-order chi connectivity index (χ0) is 27.9. The predicted molar refractivity (Wildman–Crippen MR) is 149 cm³/mol. The molecule has 2 radical (unpaired) electrons. The van der Waals surface area contributed by atoms with Crippen molar-refractivity contribution in [1.29, 1.82) is 0 Å². The second-order valence-corrected chi connectivity index (χ2v) is 11.5. The van der Waals surface area contributed by atoms with Crippen LogP contribution in [0.25, 0.3) is 22.7 Å². The monoisotopic (exact) mass is 605 g/mol. The van der Waals surface area contributed by atoms with Crippen LogP contribution in [0.3, 0.4) is 0 Å². The zero-order valence-electron chi connectivity index (χ0n) is 22.3. The molecule has 3 aliphatic rings. The number of rotatable bonds is 7. The molecule has 3 aromatic rings. The molecule has 11 nitrogen and oxygen atoms in total. The van der Waals surface area contributed by atoms with Crippen LogP contribution >= 0.6 is 15.9 Å². The molecule has 40 heavy (non-hydrogen) atoms. The molecule has 0 aliphatic carbocycles. The van der Waals surface area contributed by atoms with Gasteiger partial charge in [-0.1, -0.05) is 29.4 Å². The van der Waals surface area contributed by atoms with Crippen LogP contribution in [0.15, 0.2) is 50.6 Å². The lowest BCUT2D eigenvalue weighted by Crippen LogP contribution is -2.45. The van der Waals surface area contributed by atoms with Crippen LogP contribution < -0.4 is 0 Å². The summed E-state index contributed by atoms with van der Waals surface area (Å²) < 4.78 is 28.0. The second kappa shape index (κ2) is 10.6. The van der Waals surface area contributed by atoms with E-state index in [1.54, 1.807) is 19.7 Å². The number of carbonyl (C=O) groups is 1. The molecule has 0 saturated carbocycles. The highest BCUT2D eigenvalue weighted by Gasteiger charge is 2.54. The fourth-order valence-electron chi connectivity index (χ4n) is 4.48. The van der Waals surface area contributed by atoms with E-state index in [1.807, 2.05) is 49.9 Å². The van der Waals surface area contributed by atoms with E-state index in [2.05, 4.69) is 36.0 Å². The first-order valence-electron chi connectivity index (χ1n) is 13.0. The molecule has 6 rings (SSSR count). The summed E-state index contributed by atoms with van der Waals surface area (Å²) in [6.45, 7) is 7.32. The second-order valence-electron chi connectivity index (χ2n) is 10.7. The standard InChI is InChI=1S/C26H26B2BrN5O6/c1-25(2,3)37-24(35)34(17-8-10-36-11-9-17)14-15-4-6-16(7-5-15)18-12-19(39-33-18)21-22(30-13-20(29)31-21)26(28-40-26)32-23-27-38-23/h4-7,12-13,17H,8-11,14H2,1-3H3. The molecular formula is C26H26B2BrN5O6. The molecule has 0 N–H and O–H groups in total. The van der Waals surface area contributed by atoms with Crippen LogP contribution in [0.4, 0.5) is 4.79 Å². The van der Waals surface area contributed by atoms with Gasteiger partial charge < -0.3 is 28.2 Å². The number of amides is 1. The SMILES string of the molecule is CC(C)(C)OC(=O)N(Cc1ccc(-c2cc(-c3nc(Br)cnc3C3(N=C4[B]O4)[B]O3)on2)cc1)C1CCOCC1. The van der Waals surface area contributed by atoms with Gasteiger partial charge in [-0.25, -0.2) is 14.8 Å². The number of aromatic nitrogens is 3. The van der Waals surface area contributed by atoms with Gasteiger partial charge in [-0.2, -0.15) is 0 Å². The Balaban J connectivity index is 1.21. The Morgan fingerprint density at radius 3 is 2.62 bits per heavy atom. The van der Waals surface area contributed by atoms with Crippen LogP contribution in [0.1, 0.15) is 44.9 Å². The number of halogens is 1. The zero-order valence-corrected chi connectivity index (χ0v) is 23.9. The van der Waals surface area contributed by atoms with E-state index >= 15 is 0 Å². The normalized spacial score (nSPS) is 21.2. The van der Waals surface area contributed by atoms with Crippen molar-refractivity contribution >= 4 is 42.8 Å². The fraction of sp³-hybridized carbons (Fsp3) is 0.423. The van der Waals surface area contributed by atoms with Gasteiger partial charge in [0.1, 0.15) is 27.3 Å². The first kappa shape index (κ1) is 27.0. The summed E-state index contributed by atoms with van der Waals surface area (Å²) in [5, 5.41) is 4.27. The van der Waals surface area contributed by atoms with Crippen LogP contribution in [-0.2, 0) is 31.0 Å². The molecule has 3 saturated heterocycles. The summed E-state index contributed by atoms with van der Waals surface area (Å²) in [4.78, 5) is 28.3. The number of hydrogen-bond acceptors (Lipinski definition) is 10. The Kier molecular flexibility index (Phi) is 7.17. The quantitative estimate of drug-likeness (QED) is 0.287. The average Bonchev–Trinajstić information content (AvgIpc) is 3.86. The van der Waals surface area contributed by atoms with Gasteiger partial charge in [0.05, 0.1) is 6.20 Å². The van der Waals surface area contributed by atoms with Gasteiger partial charge in [0.2, 0.25) is 0 Å². The molecule has 3 fully saturated rings. The molecule has 1 atom stereocenters. The minimum Gasteiger partial charge on any atom is -0.549 e. The third kappa shape index (κ3) is 6.08. The Labute approximate surface area is 241 Å². The molecule has 14 heteroatoms. The van der Waals surface area contributed by atoms with Crippen molar-refractivity contribution in [3.8, 4) is 22.7 Å². The van der Waals surface area contributed by atoms with Gasteiger partial charge in [0.15, 0.2) is 17.2 Å². The largest absolute Gasteiger partial charge is 0.549 e. The van der Waals surface area contributed by atoms with Crippen LogP contribution in [-0.4, -0.2) is 71.7 Å². The third-order valence-corrected chi connectivity index (χ3v) is 6.91. The van der Waals surface area contributed by atoms with E-state index in [1.165, 1.54) is 7.48 Å². The van der Waals surface area contributed by atoms with Crippen molar-refractivity contribution in [2.24, 2.45) is 4.99 Å². The highest BCUT2D eigenvalue weighted by Crippen LogP contribution is 2.42. The molecule has 1 aromatic carbocycles. The number of ether oxygens (including phenoxy) is 2. The number of benzene rings is 1. The van der Waals surface area contributed by atoms with E-state index in [4.69, 9.17) is 23.3 Å². The van der Waals surface area contributed by atoms with Crippen molar-refractivity contribution in [3.05, 3.63) is 52.4 Å². The summed E-state index contributed by atoms with van der Waals surface area (Å²) in [6.07, 6.45) is 2.81. The average molecular weight is 606 g/mol. The van der Waals surface area contributed by atoms with Crippen molar-refractivity contribution in [2.75, 3.05) is 13.2 Å². The number of hydrogen-bond donors (Lipinski definition) is 0. The highest BCUT2D eigenvalue weighted by atomic mass is 79.9. The molecular weight excluding hydrogens is 580 g/mol. The minimum absolute atomic E-state index is 0.0624. The topological polar surface area (TPSA) is 128 Å². The maximum Gasteiger partial charge on any atom is 0.474 e. The van der Waals surface area contributed by atoms with Crippen LogP contribution in [0, 0.1) is 0 Å². The van der Waals surface area contributed by atoms with Crippen molar-refractivity contribution in [1.82, 2.24) is 20.0 Å². The maximum atomic E-state index is 13.1. The number of aliphatic imine (C=N–C) groups is 1. The number of nitrogens with zero attached hydrogens (tertiary/aromatic N) is 5. The minimum atomic E-state index is -1.07. The highest BCUT2D eigenvalue weighted by molar-refractivity contribution is 9.10. The molecule has 204 valence electrons. The Bertz CT molecular complexity index is 1430. The van der Waals surface area contributed by atoms with Gasteiger partial charge in [-0.3, -0.25) is 4.98 Å². The Morgan fingerprint density at radius 2 is 1.98 bits per heavy atom. The summed E-state index contributed by atoms with van der Waals surface area (Å²) in [6, 6.07) is 9.73. The maximum absolute atomic E-state index is 13.1. The predicted octanol–water partition coefficient (Wildman–Crippen LogP) is 4.24. The van der Waals surface area contributed by atoms with E-state index in [0.29, 0.717) is 53.0 Å². The molecule has 0 bridgehead atoms. The fourth-order valence-corrected chi connectivity index (χ4v) is 4.76. The van der Waals surface area contributed by atoms with Gasteiger partial charge >= 0.3 is 21.1 Å². The van der Waals surface area contributed by atoms with Gasteiger partial charge in [0.25, 0.3) is 0 Å². The van der Waals surface area contributed by atoms with Crippen molar-refractivity contribution in [2.45, 2.75) is 57.4 Å². The molecule has 1 unspecified atom stereocenters. The molecule has 0 spiro atoms. The van der Waals surface area contributed by atoms with Crippen molar-refractivity contribution in [3.63, 3.8) is 0 Å². The Morgan fingerprint density at radius 1 is 1.25 bits per heavy atom. The Hall–Kier alpha value is -3.22. The third-order valence-electron chi connectivity index (χ3n) is 6.53. The lowest BCUT2D eigenvalue weighted by atomic mass is 9.91. The van der Waals surface area contributed by atoms with Gasteiger partial charge in [-0.05, 0) is 55.1 Å². The molecule has 1 amide bonds. The van der Waals surface area contributed by atoms with Gasteiger partial charge in [0, 0.05) is 37.4 Å². The van der Waals surface area contributed by atoms with Crippen LogP contribution in [0.2, 0.25) is 0 Å². The number of carbonyl (C=O) groups excluding carboxylic acids is 1. The lowest BCUT2D eigenvalue weighted by molar-refractivity contribution is -0.00808. The summed E-state index contributed by atoms with van der Waals surface area (Å²) >= 11 is 3.38. The van der Waals surface area contributed by atoms with Crippen molar-refractivity contribution < 1.29 is 28.1 Å². The van der Waals surface area contributed by atoms with E-state index < -0.39 is 11.2 Å². The molecule has 5 heterocycles. The molecule has 2 aromatic heterocycles. The smallest absolute Gasteiger partial charge is 0.474 e. The van der Waals surface area contributed by atoms with E-state index in [-0.39, 0.29) is 12.1 Å².